The topological polar surface area (TPSA) is 76.1 Å². The molecule has 6 heteroatoms. The van der Waals surface area contributed by atoms with E-state index in [1.807, 2.05) is 0 Å². The maximum Gasteiger partial charge on any atom is 0.308 e. The second kappa shape index (κ2) is 5.81. The van der Waals surface area contributed by atoms with Crippen molar-refractivity contribution in [2.75, 3.05) is 25.7 Å². The summed E-state index contributed by atoms with van der Waals surface area (Å²) in [5.74, 6) is -0.399. The molecule has 108 valence electrons. The molecule has 2 rings (SSSR count). The fourth-order valence-corrected chi connectivity index (χ4v) is 2.29. The lowest BCUT2D eigenvalue weighted by molar-refractivity contribution is -0.142. The molecule has 6 nitrogen and oxygen atoms in total. The summed E-state index contributed by atoms with van der Waals surface area (Å²) in [6.45, 7) is 0.184. The quantitative estimate of drug-likeness (QED) is 0.904. The first kappa shape index (κ1) is 14.2. The van der Waals surface area contributed by atoms with Gasteiger partial charge in [-0.25, -0.2) is 0 Å². The predicted molar refractivity (Wildman–Crippen MR) is 72.3 cm³/mol. The molecular formula is C14H17NO5. The number of piperidine rings is 1. The van der Waals surface area contributed by atoms with E-state index in [0.29, 0.717) is 23.6 Å². The van der Waals surface area contributed by atoms with Gasteiger partial charge in [0.25, 0.3) is 0 Å². The summed E-state index contributed by atoms with van der Waals surface area (Å²) in [7, 11) is 3.05. The van der Waals surface area contributed by atoms with Gasteiger partial charge in [0, 0.05) is 24.7 Å². The summed E-state index contributed by atoms with van der Waals surface area (Å²) < 4.78 is 10.3. The van der Waals surface area contributed by atoms with Gasteiger partial charge in [-0.1, -0.05) is 0 Å². The van der Waals surface area contributed by atoms with Crippen LogP contribution >= 0.6 is 0 Å². The van der Waals surface area contributed by atoms with Gasteiger partial charge in [0.2, 0.25) is 5.91 Å². The highest BCUT2D eigenvalue weighted by Crippen LogP contribution is 2.33. The number of nitrogens with zero attached hydrogens (tertiary/aromatic N) is 1. The molecule has 1 unspecified atom stereocenters. The lowest BCUT2D eigenvalue weighted by atomic mass is 9.97. The number of carbonyl (C=O) groups is 2. The Bertz CT molecular complexity index is 528. The van der Waals surface area contributed by atoms with Crippen LogP contribution in [0.15, 0.2) is 18.2 Å². The van der Waals surface area contributed by atoms with E-state index in [9.17, 15) is 9.59 Å². The van der Waals surface area contributed by atoms with Crippen LogP contribution < -0.4 is 14.4 Å². The SMILES string of the molecule is COc1ccc(N2CC(C(=O)O)CCC2=O)cc1OC. The molecule has 0 radical (unpaired) electrons. The Morgan fingerprint density at radius 1 is 1.30 bits per heavy atom. The van der Waals surface area contributed by atoms with E-state index in [4.69, 9.17) is 14.6 Å². The molecule has 0 bridgehead atoms. The van der Waals surface area contributed by atoms with Crippen LogP contribution in [0.1, 0.15) is 12.8 Å². The molecule has 1 fully saturated rings. The minimum atomic E-state index is -0.872. The number of ether oxygens (including phenoxy) is 2. The minimum absolute atomic E-state index is 0.0743. The molecule has 1 aliphatic rings. The van der Waals surface area contributed by atoms with E-state index in [1.54, 1.807) is 18.2 Å². The Hall–Kier alpha value is -2.24. The first-order valence-corrected chi connectivity index (χ1v) is 6.32. The molecule has 1 atom stereocenters. The van der Waals surface area contributed by atoms with Gasteiger partial charge in [-0.15, -0.1) is 0 Å². The van der Waals surface area contributed by atoms with Crippen molar-refractivity contribution in [3.8, 4) is 11.5 Å². The number of aliphatic carboxylic acids is 1. The molecule has 1 N–H and O–H groups in total. The van der Waals surface area contributed by atoms with Crippen LogP contribution in [0.2, 0.25) is 0 Å². The van der Waals surface area contributed by atoms with Crippen LogP contribution in [0.3, 0.4) is 0 Å². The number of benzene rings is 1. The van der Waals surface area contributed by atoms with E-state index in [1.165, 1.54) is 19.1 Å². The van der Waals surface area contributed by atoms with Gasteiger partial charge in [0.05, 0.1) is 20.1 Å². The van der Waals surface area contributed by atoms with E-state index in [2.05, 4.69) is 0 Å². The van der Waals surface area contributed by atoms with E-state index in [0.717, 1.165) is 0 Å². The second-order valence-corrected chi connectivity index (χ2v) is 4.62. The highest BCUT2D eigenvalue weighted by Gasteiger charge is 2.31. The molecule has 1 heterocycles. The van der Waals surface area contributed by atoms with Crippen LogP contribution in [-0.2, 0) is 9.59 Å². The summed E-state index contributed by atoms with van der Waals surface area (Å²) in [5.41, 5.74) is 0.624. The second-order valence-electron chi connectivity index (χ2n) is 4.62. The first-order valence-electron chi connectivity index (χ1n) is 6.32. The fraction of sp³-hybridized carbons (Fsp3) is 0.429. The van der Waals surface area contributed by atoms with Gasteiger partial charge in [-0.3, -0.25) is 9.59 Å². The van der Waals surface area contributed by atoms with E-state index >= 15 is 0 Å². The molecule has 1 saturated heterocycles. The molecule has 1 amide bonds. The van der Waals surface area contributed by atoms with Gasteiger partial charge in [-0.2, -0.15) is 0 Å². The predicted octanol–water partition coefficient (Wildman–Crippen LogP) is 1.53. The summed E-state index contributed by atoms with van der Waals surface area (Å²) in [6, 6.07) is 5.11. The molecule has 0 aliphatic carbocycles. The Kier molecular flexibility index (Phi) is 4.12. The van der Waals surface area contributed by atoms with Gasteiger partial charge < -0.3 is 19.5 Å². The van der Waals surface area contributed by atoms with Crippen molar-refractivity contribution in [1.29, 1.82) is 0 Å². The standard InChI is InChI=1S/C14H17NO5/c1-19-11-5-4-10(7-12(11)20-2)15-8-9(14(17)18)3-6-13(15)16/h4-5,7,9H,3,6,8H2,1-2H3,(H,17,18). The van der Waals surface area contributed by atoms with Gasteiger partial charge in [0.15, 0.2) is 11.5 Å². The maximum absolute atomic E-state index is 12.0. The van der Waals surface area contributed by atoms with Crippen molar-refractivity contribution in [2.24, 2.45) is 5.92 Å². The minimum Gasteiger partial charge on any atom is -0.493 e. The average Bonchev–Trinajstić information content (AvgIpc) is 2.46. The van der Waals surface area contributed by atoms with E-state index in [-0.39, 0.29) is 18.9 Å². The van der Waals surface area contributed by atoms with Crippen LogP contribution in [0, 0.1) is 5.92 Å². The largest absolute Gasteiger partial charge is 0.493 e. The van der Waals surface area contributed by atoms with Gasteiger partial charge in [0.1, 0.15) is 0 Å². The fourth-order valence-electron chi connectivity index (χ4n) is 2.29. The third-order valence-corrected chi connectivity index (χ3v) is 3.44. The molecule has 1 aromatic rings. The highest BCUT2D eigenvalue weighted by atomic mass is 16.5. The zero-order chi connectivity index (χ0) is 14.7. The van der Waals surface area contributed by atoms with Crippen LogP contribution in [0.25, 0.3) is 0 Å². The van der Waals surface area contributed by atoms with Crippen LogP contribution in [-0.4, -0.2) is 37.7 Å². The Morgan fingerprint density at radius 2 is 2.00 bits per heavy atom. The number of hydrogen-bond donors (Lipinski definition) is 1. The molecule has 0 saturated carbocycles. The maximum atomic E-state index is 12.0. The van der Waals surface area contributed by atoms with Crippen LogP contribution in [0.4, 0.5) is 5.69 Å². The number of hydrogen-bond acceptors (Lipinski definition) is 4. The number of carboxylic acids is 1. The number of rotatable bonds is 4. The smallest absolute Gasteiger partial charge is 0.308 e. The number of amides is 1. The summed E-state index contributed by atoms with van der Waals surface area (Å²) in [6.07, 6.45) is 0.628. The zero-order valence-corrected chi connectivity index (χ0v) is 11.5. The summed E-state index contributed by atoms with van der Waals surface area (Å²) in [5, 5.41) is 9.09. The Labute approximate surface area is 116 Å². The first-order chi connectivity index (χ1) is 9.56. The molecule has 0 spiro atoms. The number of carboxylic acid groups (broad SMARTS) is 1. The third-order valence-electron chi connectivity index (χ3n) is 3.44. The average molecular weight is 279 g/mol. The van der Waals surface area contributed by atoms with E-state index < -0.39 is 11.9 Å². The Morgan fingerprint density at radius 3 is 2.60 bits per heavy atom. The summed E-state index contributed by atoms with van der Waals surface area (Å²) in [4.78, 5) is 24.5. The van der Waals surface area contributed by atoms with Crippen molar-refractivity contribution < 1.29 is 24.2 Å². The number of carbonyl (C=O) groups excluding carboxylic acids is 1. The van der Waals surface area contributed by atoms with Crippen molar-refractivity contribution in [3.63, 3.8) is 0 Å². The molecule has 1 aliphatic heterocycles. The van der Waals surface area contributed by atoms with Crippen molar-refractivity contribution in [2.45, 2.75) is 12.8 Å². The number of anilines is 1. The van der Waals surface area contributed by atoms with Crippen molar-refractivity contribution >= 4 is 17.6 Å². The third kappa shape index (κ3) is 2.68. The molecular weight excluding hydrogens is 262 g/mol. The monoisotopic (exact) mass is 279 g/mol. The van der Waals surface area contributed by atoms with Crippen molar-refractivity contribution in [3.05, 3.63) is 18.2 Å². The Balaban J connectivity index is 2.29. The van der Waals surface area contributed by atoms with Gasteiger partial charge >= 0.3 is 5.97 Å². The summed E-state index contributed by atoms with van der Waals surface area (Å²) >= 11 is 0. The lowest BCUT2D eigenvalue weighted by Gasteiger charge is -2.31. The van der Waals surface area contributed by atoms with Crippen LogP contribution in [0.5, 0.6) is 11.5 Å². The number of methoxy groups -OCH3 is 2. The normalized spacial score (nSPS) is 18.8. The molecule has 20 heavy (non-hydrogen) atoms. The van der Waals surface area contributed by atoms with Crippen molar-refractivity contribution in [1.82, 2.24) is 0 Å². The lowest BCUT2D eigenvalue weighted by Crippen LogP contribution is -2.42. The molecule has 1 aromatic carbocycles. The van der Waals surface area contributed by atoms with Gasteiger partial charge in [-0.05, 0) is 18.6 Å². The zero-order valence-electron chi connectivity index (χ0n) is 11.5. The highest BCUT2D eigenvalue weighted by molar-refractivity contribution is 5.95. The molecule has 0 aromatic heterocycles.